The lowest BCUT2D eigenvalue weighted by Gasteiger charge is -2.08. The second-order valence-corrected chi connectivity index (χ2v) is 4.20. The van der Waals surface area contributed by atoms with E-state index in [1.807, 2.05) is 6.07 Å². The minimum Gasteiger partial charge on any atom is -0.416 e. The second kappa shape index (κ2) is 5.01. The van der Waals surface area contributed by atoms with Crippen molar-refractivity contribution in [3.8, 4) is 22.9 Å². The summed E-state index contributed by atoms with van der Waals surface area (Å²) in [5.74, 6) is -0.0585. The molecule has 2 aromatic heterocycles. The molecular formula is C14H8F3N3O. The predicted octanol–water partition coefficient (Wildman–Crippen LogP) is 3.82. The number of pyridine rings is 1. The standard InChI is InChI=1S/C14H8F3N3O/c15-14(16,17)11-6-7-18-8-10(11)13-20-19-12(21-13)9-4-2-1-3-5-9/h1-8H. The van der Waals surface area contributed by atoms with Crippen LogP contribution >= 0.6 is 0 Å². The van der Waals surface area contributed by atoms with Crippen LogP contribution in [0.3, 0.4) is 0 Å². The Kier molecular flexibility index (Phi) is 3.17. The maximum Gasteiger partial charge on any atom is 0.417 e. The molecule has 0 bridgehead atoms. The van der Waals surface area contributed by atoms with E-state index in [-0.39, 0.29) is 17.3 Å². The normalized spacial score (nSPS) is 11.6. The molecule has 0 radical (unpaired) electrons. The number of aromatic nitrogens is 3. The van der Waals surface area contributed by atoms with E-state index in [4.69, 9.17) is 4.42 Å². The topological polar surface area (TPSA) is 51.8 Å². The van der Waals surface area contributed by atoms with Gasteiger partial charge in [0.1, 0.15) is 0 Å². The summed E-state index contributed by atoms with van der Waals surface area (Å²) >= 11 is 0. The van der Waals surface area contributed by atoms with Gasteiger partial charge in [0.2, 0.25) is 11.8 Å². The summed E-state index contributed by atoms with van der Waals surface area (Å²) in [4.78, 5) is 3.69. The highest BCUT2D eigenvalue weighted by molar-refractivity contribution is 5.60. The molecule has 0 saturated carbocycles. The van der Waals surface area contributed by atoms with Crippen LogP contribution in [0.4, 0.5) is 13.2 Å². The maximum absolute atomic E-state index is 12.9. The molecule has 21 heavy (non-hydrogen) atoms. The fourth-order valence-corrected chi connectivity index (χ4v) is 1.84. The van der Waals surface area contributed by atoms with Gasteiger partial charge in [-0.1, -0.05) is 18.2 Å². The molecule has 3 aromatic rings. The molecule has 0 spiro atoms. The first-order chi connectivity index (χ1) is 10.1. The monoisotopic (exact) mass is 291 g/mol. The van der Waals surface area contributed by atoms with E-state index in [1.165, 1.54) is 0 Å². The largest absolute Gasteiger partial charge is 0.417 e. The van der Waals surface area contributed by atoms with Crippen molar-refractivity contribution in [1.82, 2.24) is 15.2 Å². The molecule has 4 nitrogen and oxygen atoms in total. The van der Waals surface area contributed by atoms with Gasteiger partial charge in [-0.05, 0) is 18.2 Å². The number of hydrogen-bond donors (Lipinski definition) is 0. The van der Waals surface area contributed by atoms with Crippen LogP contribution in [0.5, 0.6) is 0 Å². The zero-order valence-corrected chi connectivity index (χ0v) is 10.5. The fourth-order valence-electron chi connectivity index (χ4n) is 1.84. The Balaban J connectivity index is 2.06. The van der Waals surface area contributed by atoms with Gasteiger partial charge in [-0.25, -0.2) is 0 Å². The molecule has 0 N–H and O–H groups in total. The lowest BCUT2D eigenvalue weighted by Crippen LogP contribution is -2.07. The summed E-state index contributed by atoms with van der Waals surface area (Å²) in [5, 5.41) is 7.45. The molecule has 3 rings (SSSR count). The highest BCUT2D eigenvalue weighted by Gasteiger charge is 2.35. The fraction of sp³-hybridized carbons (Fsp3) is 0.0714. The molecule has 0 amide bonds. The Bertz CT molecular complexity index is 753. The first-order valence-corrected chi connectivity index (χ1v) is 5.96. The van der Waals surface area contributed by atoms with Crippen molar-refractivity contribution >= 4 is 0 Å². The average Bonchev–Trinajstić information content (AvgIpc) is 2.97. The van der Waals surface area contributed by atoms with Gasteiger partial charge in [0.25, 0.3) is 0 Å². The molecular weight excluding hydrogens is 283 g/mol. The van der Waals surface area contributed by atoms with Crippen molar-refractivity contribution in [1.29, 1.82) is 0 Å². The third-order valence-corrected chi connectivity index (χ3v) is 2.80. The van der Waals surface area contributed by atoms with Crippen LogP contribution in [0.25, 0.3) is 22.9 Å². The Labute approximate surface area is 117 Å². The highest BCUT2D eigenvalue weighted by atomic mass is 19.4. The van der Waals surface area contributed by atoms with Gasteiger partial charge < -0.3 is 4.42 Å². The van der Waals surface area contributed by atoms with Gasteiger partial charge in [0, 0.05) is 18.0 Å². The Hall–Kier alpha value is -2.70. The van der Waals surface area contributed by atoms with E-state index in [2.05, 4.69) is 15.2 Å². The third-order valence-electron chi connectivity index (χ3n) is 2.80. The number of alkyl halides is 3. The number of rotatable bonds is 2. The Morgan fingerprint density at radius 1 is 0.905 bits per heavy atom. The summed E-state index contributed by atoms with van der Waals surface area (Å²) in [5.41, 5.74) is -0.464. The number of benzene rings is 1. The number of nitrogens with zero attached hydrogens (tertiary/aromatic N) is 3. The van der Waals surface area contributed by atoms with Crippen LogP contribution in [-0.4, -0.2) is 15.2 Å². The molecule has 0 aliphatic carbocycles. The summed E-state index contributed by atoms with van der Waals surface area (Å²) in [7, 11) is 0. The zero-order valence-electron chi connectivity index (χ0n) is 10.5. The van der Waals surface area contributed by atoms with Gasteiger partial charge in [0.15, 0.2) is 0 Å². The third kappa shape index (κ3) is 2.62. The maximum atomic E-state index is 12.9. The summed E-state index contributed by atoms with van der Waals surface area (Å²) in [6.07, 6.45) is -2.38. The van der Waals surface area contributed by atoms with E-state index in [9.17, 15) is 13.2 Å². The highest BCUT2D eigenvalue weighted by Crippen LogP contribution is 2.36. The number of hydrogen-bond acceptors (Lipinski definition) is 4. The van der Waals surface area contributed by atoms with Crippen LogP contribution in [0.15, 0.2) is 53.2 Å². The average molecular weight is 291 g/mol. The molecule has 106 valence electrons. The number of halogens is 3. The smallest absolute Gasteiger partial charge is 0.416 e. The van der Waals surface area contributed by atoms with Crippen LogP contribution in [-0.2, 0) is 6.18 Å². The molecule has 1 aromatic carbocycles. The summed E-state index contributed by atoms with van der Waals surface area (Å²) in [6.45, 7) is 0. The molecule has 0 aliphatic heterocycles. The van der Waals surface area contributed by atoms with Gasteiger partial charge in [0.05, 0.1) is 11.1 Å². The van der Waals surface area contributed by atoms with Gasteiger partial charge in [-0.2, -0.15) is 13.2 Å². The van der Waals surface area contributed by atoms with Crippen molar-refractivity contribution in [2.24, 2.45) is 0 Å². The van der Waals surface area contributed by atoms with Crippen molar-refractivity contribution in [3.63, 3.8) is 0 Å². The molecule has 0 atom stereocenters. The van der Waals surface area contributed by atoms with Crippen LogP contribution in [0.1, 0.15) is 5.56 Å². The molecule has 7 heteroatoms. The SMILES string of the molecule is FC(F)(F)c1ccncc1-c1nnc(-c2ccccc2)o1. The van der Waals surface area contributed by atoms with E-state index in [1.54, 1.807) is 24.3 Å². The Morgan fingerprint density at radius 3 is 2.33 bits per heavy atom. The summed E-state index contributed by atoms with van der Waals surface area (Å²) < 4.78 is 44.2. The Morgan fingerprint density at radius 2 is 1.62 bits per heavy atom. The second-order valence-electron chi connectivity index (χ2n) is 4.20. The lowest BCUT2D eigenvalue weighted by atomic mass is 10.1. The van der Waals surface area contributed by atoms with Gasteiger partial charge in [-0.3, -0.25) is 4.98 Å². The van der Waals surface area contributed by atoms with Gasteiger partial charge >= 0.3 is 6.18 Å². The quantitative estimate of drug-likeness (QED) is 0.720. The molecule has 0 fully saturated rings. The van der Waals surface area contributed by atoms with Crippen molar-refractivity contribution in [3.05, 3.63) is 54.4 Å². The minimum atomic E-state index is -4.51. The van der Waals surface area contributed by atoms with E-state index >= 15 is 0 Å². The van der Waals surface area contributed by atoms with Crippen molar-refractivity contribution in [2.75, 3.05) is 0 Å². The first-order valence-electron chi connectivity index (χ1n) is 5.96. The minimum absolute atomic E-state index is 0.155. The molecule has 0 saturated heterocycles. The van der Waals surface area contributed by atoms with Crippen molar-refractivity contribution < 1.29 is 17.6 Å². The van der Waals surface area contributed by atoms with E-state index in [0.29, 0.717) is 5.56 Å². The molecule has 2 heterocycles. The lowest BCUT2D eigenvalue weighted by molar-refractivity contribution is -0.137. The summed E-state index contributed by atoms with van der Waals surface area (Å²) in [6, 6.07) is 9.68. The van der Waals surface area contributed by atoms with Crippen LogP contribution < -0.4 is 0 Å². The molecule has 0 aliphatic rings. The first kappa shape index (κ1) is 13.3. The van der Waals surface area contributed by atoms with Gasteiger partial charge in [-0.15, -0.1) is 10.2 Å². The van der Waals surface area contributed by atoms with Crippen LogP contribution in [0, 0.1) is 0 Å². The van der Waals surface area contributed by atoms with Crippen LogP contribution in [0.2, 0.25) is 0 Å². The zero-order chi connectivity index (χ0) is 14.9. The van der Waals surface area contributed by atoms with E-state index in [0.717, 1.165) is 18.5 Å². The van der Waals surface area contributed by atoms with E-state index < -0.39 is 11.7 Å². The molecule has 0 unspecified atom stereocenters. The predicted molar refractivity (Wildman–Crippen MR) is 68.0 cm³/mol. The van der Waals surface area contributed by atoms with Crippen molar-refractivity contribution in [2.45, 2.75) is 6.18 Å².